The highest BCUT2D eigenvalue weighted by molar-refractivity contribution is 9.10. The van der Waals surface area contributed by atoms with Crippen molar-refractivity contribution in [2.75, 3.05) is 5.32 Å². The Morgan fingerprint density at radius 2 is 2.11 bits per heavy atom. The number of nitrogens with zero attached hydrogens (tertiary/aromatic N) is 1. The van der Waals surface area contributed by atoms with Gasteiger partial charge in [-0.25, -0.2) is 4.98 Å². The number of halogens is 1. The summed E-state index contributed by atoms with van der Waals surface area (Å²) in [6.45, 7) is 1.90. The van der Waals surface area contributed by atoms with Crippen LogP contribution in [0, 0.1) is 12.8 Å². The molecular formula is C15H21BrN2O. The van der Waals surface area contributed by atoms with E-state index in [1.807, 2.05) is 19.1 Å². The highest BCUT2D eigenvalue weighted by atomic mass is 79.9. The molecule has 0 bridgehead atoms. The van der Waals surface area contributed by atoms with Crippen LogP contribution in [0.4, 0.5) is 5.69 Å². The van der Waals surface area contributed by atoms with Crippen molar-refractivity contribution in [1.29, 1.82) is 0 Å². The molecule has 1 fully saturated rings. The molecule has 0 atom stereocenters. The molecule has 0 unspecified atom stereocenters. The molecule has 2 rings (SSSR count). The van der Waals surface area contributed by atoms with Crippen molar-refractivity contribution in [2.45, 2.75) is 51.9 Å². The van der Waals surface area contributed by atoms with Gasteiger partial charge in [0.25, 0.3) is 0 Å². The van der Waals surface area contributed by atoms with Crippen LogP contribution >= 0.6 is 15.9 Å². The first-order chi connectivity index (χ1) is 9.15. The number of hydrogen-bond donors (Lipinski definition) is 1. The van der Waals surface area contributed by atoms with Crippen molar-refractivity contribution in [1.82, 2.24) is 4.98 Å². The Labute approximate surface area is 123 Å². The van der Waals surface area contributed by atoms with Gasteiger partial charge >= 0.3 is 0 Å². The average molecular weight is 325 g/mol. The molecular weight excluding hydrogens is 304 g/mol. The van der Waals surface area contributed by atoms with Gasteiger partial charge in [0.2, 0.25) is 5.91 Å². The zero-order chi connectivity index (χ0) is 13.7. The van der Waals surface area contributed by atoms with E-state index in [1.165, 1.54) is 32.1 Å². The largest absolute Gasteiger partial charge is 0.325 e. The zero-order valence-corrected chi connectivity index (χ0v) is 13.0. The Morgan fingerprint density at radius 3 is 2.79 bits per heavy atom. The lowest BCUT2D eigenvalue weighted by Gasteiger charge is -2.21. The molecule has 104 valence electrons. The lowest BCUT2D eigenvalue weighted by atomic mass is 9.86. The van der Waals surface area contributed by atoms with Crippen LogP contribution in [0.1, 0.15) is 50.6 Å². The molecule has 1 saturated carbocycles. The van der Waals surface area contributed by atoms with E-state index in [1.54, 1.807) is 0 Å². The summed E-state index contributed by atoms with van der Waals surface area (Å²) in [7, 11) is 0. The number of hydrogen-bond acceptors (Lipinski definition) is 2. The molecule has 0 aromatic carbocycles. The molecule has 0 radical (unpaired) electrons. The van der Waals surface area contributed by atoms with Gasteiger partial charge < -0.3 is 5.32 Å². The number of aromatic nitrogens is 1. The maximum atomic E-state index is 11.9. The molecule has 19 heavy (non-hydrogen) atoms. The van der Waals surface area contributed by atoms with Crippen LogP contribution in [0.2, 0.25) is 0 Å². The van der Waals surface area contributed by atoms with Gasteiger partial charge in [-0.05, 0) is 47.3 Å². The molecule has 0 aliphatic heterocycles. The van der Waals surface area contributed by atoms with E-state index >= 15 is 0 Å². The summed E-state index contributed by atoms with van der Waals surface area (Å²) in [5.41, 5.74) is 1.66. The number of anilines is 1. The Balaban J connectivity index is 1.80. The fourth-order valence-corrected chi connectivity index (χ4v) is 3.08. The van der Waals surface area contributed by atoms with Gasteiger partial charge in [0.1, 0.15) is 4.60 Å². The highest BCUT2D eigenvalue weighted by Gasteiger charge is 2.15. The van der Waals surface area contributed by atoms with Crippen molar-refractivity contribution in [3.05, 3.63) is 22.4 Å². The molecule has 4 heteroatoms. The SMILES string of the molecule is Cc1nc(Br)ccc1NC(=O)CCC1CCCCC1. The first kappa shape index (κ1) is 14.5. The van der Waals surface area contributed by atoms with Crippen molar-refractivity contribution in [3.63, 3.8) is 0 Å². The van der Waals surface area contributed by atoms with E-state index in [4.69, 9.17) is 0 Å². The lowest BCUT2D eigenvalue weighted by Crippen LogP contribution is -2.15. The summed E-state index contributed by atoms with van der Waals surface area (Å²) >= 11 is 3.32. The van der Waals surface area contributed by atoms with Gasteiger partial charge in [0.15, 0.2) is 0 Å². The number of aryl methyl sites for hydroxylation is 1. The predicted molar refractivity (Wildman–Crippen MR) is 81.1 cm³/mol. The van der Waals surface area contributed by atoms with Crippen molar-refractivity contribution >= 4 is 27.5 Å². The van der Waals surface area contributed by atoms with E-state index in [0.717, 1.165) is 28.3 Å². The summed E-state index contributed by atoms with van der Waals surface area (Å²) in [6.07, 6.45) is 8.28. The Kier molecular flexibility index (Phi) is 5.37. The van der Waals surface area contributed by atoms with Gasteiger partial charge in [0.05, 0.1) is 11.4 Å². The number of amides is 1. The fourth-order valence-electron chi connectivity index (χ4n) is 2.69. The molecule has 1 N–H and O–H groups in total. The van der Waals surface area contributed by atoms with E-state index in [2.05, 4.69) is 26.2 Å². The molecule has 3 nitrogen and oxygen atoms in total. The molecule has 1 aromatic rings. The van der Waals surface area contributed by atoms with E-state index in [0.29, 0.717) is 6.42 Å². The maximum absolute atomic E-state index is 11.9. The van der Waals surface area contributed by atoms with Gasteiger partial charge in [-0.15, -0.1) is 0 Å². The van der Waals surface area contributed by atoms with Crippen LogP contribution in [0.25, 0.3) is 0 Å². The minimum atomic E-state index is 0.109. The second-order valence-electron chi connectivity index (χ2n) is 5.36. The maximum Gasteiger partial charge on any atom is 0.224 e. The Bertz CT molecular complexity index is 442. The average Bonchev–Trinajstić information content (AvgIpc) is 2.41. The number of carbonyl (C=O) groups excluding carboxylic acids is 1. The summed E-state index contributed by atoms with van der Waals surface area (Å²) in [6, 6.07) is 3.74. The molecule has 1 amide bonds. The van der Waals surface area contributed by atoms with Gasteiger partial charge in [-0.3, -0.25) is 4.79 Å². The molecule has 0 spiro atoms. The number of rotatable bonds is 4. The smallest absolute Gasteiger partial charge is 0.224 e. The van der Waals surface area contributed by atoms with E-state index in [9.17, 15) is 4.79 Å². The van der Waals surface area contributed by atoms with E-state index in [-0.39, 0.29) is 5.91 Å². The van der Waals surface area contributed by atoms with Crippen LogP contribution in [-0.4, -0.2) is 10.9 Å². The predicted octanol–water partition coefficient (Wildman–Crippen LogP) is 4.45. The topological polar surface area (TPSA) is 42.0 Å². The summed E-state index contributed by atoms with van der Waals surface area (Å²) < 4.78 is 0.796. The summed E-state index contributed by atoms with van der Waals surface area (Å²) in [5, 5.41) is 2.95. The minimum absolute atomic E-state index is 0.109. The minimum Gasteiger partial charge on any atom is -0.325 e. The van der Waals surface area contributed by atoms with Crippen molar-refractivity contribution in [3.8, 4) is 0 Å². The van der Waals surface area contributed by atoms with Crippen LogP contribution in [0.15, 0.2) is 16.7 Å². The lowest BCUT2D eigenvalue weighted by molar-refractivity contribution is -0.116. The van der Waals surface area contributed by atoms with Gasteiger partial charge in [-0.2, -0.15) is 0 Å². The van der Waals surface area contributed by atoms with Crippen molar-refractivity contribution < 1.29 is 4.79 Å². The quantitative estimate of drug-likeness (QED) is 0.831. The van der Waals surface area contributed by atoms with Crippen LogP contribution < -0.4 is 5.32 Å². The first-order valence-corrected chi connectivity index (χ1v) is 7.87. The number of nitrogens with one attached hydrogen (secondary N) is 1. The highest BCUT2D eigenvalue weighted by Crippen LogP contribution is 2.27. The summed E-state index contributed by atoms with van der Waals surface area (Å²) in [5.74, 6) is 0.862. The van der Waals surface area contributed by atoms with E-state index < -0.39 is 0 Å². The first-order valence-electron chi connectivity index (χ1n) is 7.08. The van der Waals surface area contributed by atoms with Crippen LogP contribution in [0.3, 0.4) is 0 Å². The van der Waals surface area contributed by atoms with Crippen LogP contribution in [-0.2, 0) is 4.79 Å². The molecule has 1 aromatic heterocycles. The zero-order valence-electron chi connectivity index (χ0n) is 11.4. The molecule has 1 aliphatic rings. The molecule has 0 saturated heterocycles. The Hall–Kier alpha value is -0.900. The van der Waals surface area contributed by atoms with Gasteiger partial charge in [-0.1, -0.05) is 32.1 Å². The standard InChI is InChI=1S/C15H21BrN2O/c1-11-13(8-9-14(16)17-11)18-15(19)10-7-12-5-3-2-4-6-12/h8-9,12H,2-7,10H2,1H3,(H,18,19). The second-order valence-corrected chi connectivity index (χ2v) is 6.17. The number of pyridine rings is 1. The fraction of sp³-hybridized carbons (Fsp3) is 0.600. The normalized spacial score (nSPS) is 16.3. The third-order valence-electron chi connectivity index (χ3n) is 3.83. The molecule has 1 heterocycles. The third kappa shape index (κ3) is 4.60. The number of carbonyl (C=O) groups is 1. The Morgan fingerprint density at radius 1 is 1.37 bits per heavy atom. The van der Waals surface area contributed by atoms with Crippen molar-refractivity contribution in [2.24, 2.45) is 5.92 Å². The monoisotopic (exact) mass is 324 g/mol. The van der Waals surface area contributed by atoms with Crippen LogP contribution in [0.5, 0.6) is 0 Å². The second kappa shape index (κ2) is 7.04. The molecule has 1 aliphatic carbocycles. The summed E-state index contributed by atoms with van der Waals surface area (Å²) in [4.78, 5) is 16.2. The van der Waals surface area contributed by atoms with Gasteiger partial charge in [0, 0.05) is 6.42 Å². The third-order valence-corrected chi connectivity index (χ3v) is 4.27.